The molecule has 0 radical (unpaired) electrons. The van der Waals surface area contributed by atoms with E-state index >= 15 is 0 Å². The lowest BCUT2D eigenvalue weighted by atomic mass is 9.99. The number of rotatable bonds is 5. The van der Waals surface area contributed by atoms with Gasteiger partial charge >= 0.3 is 0 Å². The topological polar surface area (TPSA) is 15.3 Å². The van der Waals surface area contributed by atoms with Crippen LogP contribution in [0.5, 0.6) is 0 Å². The van der Waals surface area contributed by atoms with Crippen LogP contribution in [0.25, 0.3) is 0 Å². The highest BCUT2D eigenvalue weighted by Gasteiger charge is 2.17. The van der Waals surface area contributed by atoms with Crippen LogP contribution in [0.3, 0.4) is 0 Å². The molecule has 1 aromatic carbocycles. The van der Waals surface area contributed by atoms with Crippen LogP contribution >= 0.6 is 0 Å². The fraction of sp³-hybridized carbons (Fsp3) is 0.600. The van der Waals surface area contributed by atoms with E-state index in [2.05, 4.69) is 48.3 Å². The van der Waals surface area contributed by atoms with Crippen molar-refractivity contribution in [1.82, 2.24) is 10.2 Å². The van der Waals surface area contributed by atoms with E-state index in [-0.39, 0.29) is 0 Å². The average molecular weight is 232 g/mol. The molecule has 1 atom stereocenters. The molecule has 2 rings (SSSR count). The van der Waals surface area contributed by atoms with Crippen LogP contribution in [0, 0.1) is 0 Å². The Morgan fingerprint density at radius 2 is 2.00 bits per heavy atom. The third-order valence-electron chi connectivity index (χ3n) is 3.67. The molecule has 0 amide bonds. The summed E-state index contributed by atoms with van der Waals surface area (Å²) in [5.41, 5.74) is 3.06. The molecule has 1 aliphatic heterocycles. The van der Waals surface area contributed by atoms with Crippen LogP contribution < -0.4 is 5.32 Å². The Morgan fingerprint density at radius 3 is 2.71 bits per heavy atom. The van der Waals surface area contributed by atoms with Crippen molar-refractivity contribution in [3.63, 3.8) is 0 Å². The first-order valence-corrected chi connectivity index (χ1v) is 6.86. The van der Waals surface area contributed by atoms with Crippen LogP contribution in [0.1, 0.15) is 31.4 Å². The van der Waals surface area contributed by atoms with Gasteiger partial charge in [-0.1, -0.05) is 38.1 Å². The molecule has 0 saturated heterocycles. The third-order valence-corrected chi connectivity index (χ3v) is 3.67. The molecule has 0 saturated carbocycles. The monoisotopic (exact) mass is 232 g/mol. The maximum Gasteiger partial charge on any atom is 0.0237 e. The lowest BCUT2D eigenvalue weighted by molar-refractivity contribution is 0.223. The second-order valence-electron chi connectivity index (χ2n) is 4.92. The van der Waals surface area contributed by atoms with Gasteiger partial charge < -0.3 is 5.32 Å². The van der Waals surface area contributed by atoms with Crippen molar-refractivity contribution in [1.29, 1.82) is 0 Å². The van der Waals surface area contributed by atoms with Crippen molar-refractivity contribution < 1.29 is 0 Å². The maximum absolute atomic E-state index is 3.56. The first kappa shape index (κ1) is 12.6. The van der Waals surface area contributed by atoms with Crippen molar-refractivity contribution >= 4 is 0 Å². The summed E-state index contributed by atoms with van der Waals surface area (Å²) in [6.07, 6.45) is 2.42. The molecule has 1 unspecified atom stereocenters. The Hall–Kier alpha value is -0.860. The van der Waals surface area contributed by atoms with E-state index in [0.29, 0.717) is 6.04 Å². The standard InChI is InChI=1S/C15H24N2/c1-3-15(16-4-2)12-17-10-9-13-7-5-6-8-14(13)11-17/h5-8,15-16H,3-4,9-12H2,1-2H3. The van der Waals surface area contributed by atoms with E-state index in [1.807, 2.05) is 0 Å². The number of hydrogen-bond acceptors (Lipinski definition) is 2. The predicted molar refractivity (Wildman–Crippen MR) is 73.2 cm³/mol. The predicted octanol–water partition coefficient (Wildman–Crippen LogP) is 2.43. The molecule has 2 heteroatoms. The minimum absolute atomic E-state index is 0.644. The number of benzene rings is 1. The van der Waals surface area contributed by atoms with E-state index in [1.54, 1.807) is 5.56 Å². The summed E-state index contributed by atoms with van der Waals surface area (Å²) in [5.74, 6) is 0. The minimum Gasteiger partial charge on any atom is -0.313 e. The summed E-state index contributed by atoms with van der Waals surface area (Å²) in [5, 5.41) is 3.56. The Balaban J connectivity index is 1.93. The number of likely N-dealkylation sites (N-methyl/N-ethyl adjacent to an activating group) is 1. The van der Waals surface area contributed by atoms with Crippen LogP contribution in [0.4, 0.5) is 0 Å². The quantitative estimate of drug-likeness (QED) is 0.839. The highest BCUT2D eigenvalue weighted by molar-refractivity contribution is 5.29. The van der Waals surface area contributed by atoms with E-state index in [0.717, 1.165) is 13.1 Å². The number of nitrogens with one attached hydrogen (secondary N) is 1. The van der Waals surface area contributed by atoms with E-state index in [9.17, 15) is 0 Å². The van der Waals surface area contributed by atoms with Crippen LogP contribution in [-0.2, 0) is 13.0 Å². The minimum atomic E-state index is 0.644. The molecule has 0 aliphatic carbocycles. The van der Waals surface area contributed by atoms with E-state index < -0.39 is 0 Å². The van der Waals surface area contributed by atoms with Crippen molar-refractivity contribution in [2.45, 2.75) is 39.3 Å². The van der Waals surface area contributed by atoms with Gasteiger partial charge in [0.15, 0.2) is 0 Å². The van der Waals surface area contributed by atoms with Gasteiger partial charge in [-0.05, 0) is 30.5 Å². The highest BCUT2D eigenvalue weighted by Crippen LogP contribution is 2.18. The summed E-state index contributed by atoms with van der Waals surface area (Å²) >= 11 is 0. The second kappa shape index (κ2) is 6.18. The average Bonchev–Trinajstić information content (AvgIpc) is 2.38. The molecule has 94 valence electrons. The summed E-state index contributed by atoms with van der Waals surface area (Å²) in [7, 11) is 0. The van der Waals surface area contributed by atoms with Gasteiger partial charge in [-0.25, -0.2) is 0 Å². The molecule has 0 bridgehead atoms. The molecule has 1 N–H and O–H groups in total. The number of fused-ring (bicyclic) bond motifs is 1. The van der Waals surface area contributed by atoms with E-state index in [1.165, 1.54) is 31.5 Å². The zero-order valence-corrected chi connectivity index (χ0v) is 11.1. The molecule has 1 aliphatic rings. The molecule has 17 heavy (non-hydrogen) atoms. The lowest BCUT2D eigenvalue weighted by Crippen LogP contribution is -2.42. The normalized spacial score (nSPS) is 17.8. The van der Waals surface area contributed by atoms with Crippen LogP contribution in [0.15, 0.2) is 24.3 Å². The maximum atomic E-state index is 3.56. The summed E-state index contributed by atoms with van der Waals surface area (Å²) in [6.45, 7) is 9.04. The smallest absolute Gasteiger partial charge is 0.0237 e. The van der Waals surface area contributed by atoms with Gasteiger partial charge in [0.1, 0.15) is 0 Å². The summed E-state index contributed by atoms with van der Waals surface area (Å²) in [6, 6.07) is 9.50. The fourth-order valence-corrected chi connectivity index (χ4v) is 2.65. The second-order valence-corrected chi connectivity index (χ2v) is 4.92. The van der Waals surface area contributed by atoms with Crippen molar-refractivity contribution in [3.8, 4) is 0 Å². The Morgan fingerprint density at radius 1 is 1.24 bits per heavy atom. The number of hydrogen-bond donors (Lipinski definition) is 1. The molecule has 2 nitrogen and oxygen atoms in total. The summed E-state index contributed by atoms with van der Waals surface area (Å²) < 4.78 is 0. The van der Waals surface area contributed by atoms with Gasteiger partial charge in [0, 0.05) is 25.7 Å². The Kier molecular flexibility index (Phi) is 4.57. The Bertz CT molecular complexity index is 349. The SMILES string of the molecule is CCNC(CC)CN1CCc2ccccc2C1. The summed E-state index contributed by atoms with van der Waals surface area (Å²) in [4.78, 5) is 2.58. The third kappa shape index (κ3) is 3.30. The van der Waals surface area contributed by atoms with Gasteiger partial charge in [0.25, 0.3) is 0 Å². The van der Waals surface area contributed by atoms with E-state index in [4.69, 9.17) is 0 Å². The van der Waals surface area contributed by atoms with Gasteiger partial charge in [0.05, 0.1) is 0 Å². The first-order chi connectivity index (χ1) is 8.33. The zero-order valence-electron chi connectivity index (χ0n) is 11.1. The van der Waals surface area contributed by atoms with Crippen molar-refractivity contribution in [3.05, 3.63) is 35.4 Å². The van der Waals surface area contributed by atoms with Gasteiger partial charge in [-0.3, -0.25) is 4.90 Å². The highest BCUT2D eigenvalue weighted by atomic mass is 15.2. The Labute approximate surface area is 105 Å². The molecule has 0 fully saturated rings. The van der Waals surface area contributed by atoms with Crippen molar-refractivity contribution in [2.75, 3.05) is 19.6 Å². The molecular formula is C15H24N2. The molecule has 0 spiro atoms. The molecule has 1 heterocycles. The zero-order chi connectivity index (χ0) is 12.1. The van der Waals surface area contributed by atoms with Gasteiger partial charge in [-0.2, -0.15) is 0 Å². The van der Waals surface area contributed by atoms with Crippen LogP contribution in [0.2, 0.25) is 0 Å². The van der Waals surface area contributed by atoms with Gasteiger partial charge in [-0.15, -0.1) is 0 Å². The van der Waals surface area contributed by atoms with Crippen LogP contribution in [-0.4, -0.2) is 30.6 Å². The first-order valence-electron chi connectivity index (χ1n) is 6.86. The lowest BCUT2D eigenvalue weighted by Gasteiger charge is -2.31. The largest absolute Gasteiger partial charge is 0.313 e. The van der Waals surface area contributed by atoms with Gasteiger partial charge in [0.2, 0.25) is 0 Å². The molecule has 1 aromatic rings. The molecular weight excluding hydrogens is 208 g/mol. The number of nitrogens with zero attached hydrogens (tertiary/aromatic N) is 1. The fourth-order valence-electron chi connectivity index (χ4n) is 2.65. The van der Waals surface area contributed by atoms with Crippen molar-refractivity contribution in [2.24, 2.45) is 0 Å². The molecule has 0 aromatic heterocycles.